The summed E-state index contributed by atoms with van der Waals surface area (Å²) in [6.07, 6.45) is 3.51. The fourth-order valence-corrected chi connectivity index (χ4v) is 3.94. The number of hydrogen-bond donors (Lipinski definition) is 2. The number of benzene rings is 2. The number of thioether (sulfide) groups is 1. The highest BCUT2D eigenvalue weighted by molar-refractivity contribution is 9.10. The van der Waals surface area contributed by atoms with Crippen LogP contribution in [0.1, 0.15) is 5.56 Å². The van der Waals surface area contributed by atoms with Crippen LogP contribution < -0.4 is 15.4 Å². The molecular weight excluding hydrogens is 468 g/mol. The molecule has 2 N–H and O–H groups in total. The molecule has 1 aromatic heterocycles. The van der Waals surface area contributed by atoms with Crippen LogP contribution in [0.15, 0.2) is 64.5 Å². The maximum absolute atomic E-state index is 12.2. The van der Waals surface area contributed by atoms with Gasteiger partial charge >= 0.3 is 0 Å². The zero-order chi connectivity index (χ0) is 21.5. The summed E-state index contributed by atoms with van der Waals surface area (Å²) < 4.78 is 8.00. The first-order valence-corrected chi connectivity index (χ1v) is 10.9. The fraction of sp³-hybridized carbons (Fsp3) is 0.190. The zero-order valence-electron chi connectivity index (χ0n) is 16.5. The van der Waals surface area contributed by atoms with Gasteiger partial charge in [0, 0.05) is 28.2 Å². The topological polar surface area (TPSA) is 85.2 Å². The predicted molar refractivity (Wildman–Crippen MR) is 121 cm³/mol. The van der Waals surface area contributed by atoms with E-state index in [1.54, 1.807) is 13.3 Å². The van der Waals surface area contributed by atoms with E-state index in [-0.39, 0.29) is 24.1 Å². The number of aryl methyl sites for hydroxylation is 1. The van der Waals surface area contributed by atoms with Gasteiger partial charge in [0.1, 0.15) is 5.75 Å². The lowest BCUT2D eigenvalue weighted by Gasteiger charge is -2.10. The molecule has 0 unspecified atom stereocenters. The summed E-state index contributed by atoms with van der Waals surface area (Å²) in [7, 11) is 1.62. The standard InChI is InChI=1S/C21H21BrN4O3S/c1-14-11-15(22)3-8-18(14)25-19(27)12-24-20(28)13-30-21-23-9-10-26(21)16-4-6-17(29-2)7-5-16/h3-11H,12-13H2,1-2H3,(H,24,28)(H,25,27). The number of amides is 2. The van der Waals surface area contributed by atoms with Crippen molar-refractivity contribution >= 4 is 45.2 Å². The summed E-state index contributed by atoms with van der Waals surface area (Å²) in [5, 5.41) is 6.12. The third-order valence-electron chi connectivity index (χ3n) is 4.20. The maximum atomic E-state index is 12.2. The van der Waals surface area contributed by atoms with Crippen molar-refractivity contribution in [3.8, 4) is 11.4 Å². The highest BCUT2D eigenvalue weighted by Crippen LogP contribution is 2.22. The van der Waals surface area contributed by atoms with E-state index < -0.39 is 0 Å². The largest absolute Gasteiger partial charge is 0.497 e. The lowest BCUT2D eigenvalue weighted by Crippen LogP contribution is -2.34. The summed E-state index contributed by atoms with van der Waals surface area (Å²) >= 11 is 4.69. The Kier molecular flexibility index (Phi) is 7.53. The number of aromatic nitrogens is 2. The van der Waals surface area contributed by atoms with E-state index in [4.69, 9.17) is 4.74 Å². The summed E-state index contributed by atoms with van der Waals surface area (Å²) in [6, 6.07) is 13.1. The van der Waals surface area contributed by atoms with Crippen LogP contribution in [0.2, 0.25) is 0 Å². The Morgan fingerprint density at radius 2 is 1.93 bits per heavy atom. The number of halogens is 1. The third-order valence-corrected chi connectivity index (χ3v) is 5.66. The van der Waals surface area contributed by atoms with Crippen LogP contribution in [-0.4, -0.2) is 40.8 Å². The third kappa shape index (κ3) is 5.87. The number of carbonyl (C=O) groups excluding carboxylic acids is 2. The summed E-state index contributed by atoms with van der Waals surface area (Å²) in [5.74, 6) is 0.395. The number of nitrogens with one attached hydrogen (secondary N) is 2. The van der Waals surface area contributed by atoms with E-state index >= 15 is 0 Å². The first kappa shape index (κ1) is 21.9. The Bertz CT molecular complexity index is 1040. The van der Waals surface area contributed by atoms with Crippen LogP contribution in [0.4, 0.5) is 5.69 Å². The molecule has 9 heteroatoms. The second kappa shape index (κ2) is 10.3. The second-order valence-corrected chi connectivity index (χ2v) is 8.21. The van der Waals surface area contributed by atoms with E-state index in [2.05, 4.69) is 31.5 Å². The van der Waals surface area contributed by atoms with Crippen molar-refractivity contribution in [3.63, 3.8) is 0 Å². The van der Waals surface area contributed by atoms with E-state index in [1.807, 2.05) is 60.2 Å². The van der Waals surface area contributed by atoms with Crippen molar-refractivity contribution in [1.82, 2.24) is 14.9 Å². The van der Waals surface area contributed by atoms with Gasteiger partial charge in [-0.3, -0.25) is 14.2 Å². The van der Waals surface area contributed by atoms with Crippen LogP contribution >= 0.6 is 27.7 Å². The molecule has 0 aliphatic rings. The number of imidazole rings is 1. The molecule has 0 spiro atoms. The minimum absolute atomic E-state index is 0.0954. The number of rotatable bonds is 8. The van der Waals surface area contributed by atoms with E-state index in [1.165, 1.54) is 11.8 Å². The van der Waals surface area contributed by atoms with Crippen LogP contribution in [0.25, 0.3) is 5.69 Å². The molecule has 0 atom stereocenters. The monoisotopic (exact) mass is 488 g/mol. The van der Waals surface area contributed by atoms with E-state index in [9.17, 15) is 9.59 Å². The zero-order valence-corrected chi connectivity index (χ0v) is 18.9. The molecule has 0 fully saturated rings. The van der Waals surface area contributed by atoms with Gasteiger partial charge in [-0.2, -0.15) is 0 Å². The average molecular weight is 489 g/mol. The minimum atomic E-state index is -0.279. The quantitative estimate of drug-likeness (QED) is 0.471. The van der Waals surface area contributed by atoms with Crippen LogP contribution in [0.3, 0.4) is 0 Å². The van der Waals surface area contributed by atoms with Gasteiger partial charge in [-0.15, -0.1) is 0 Å². The van der Waals surface area contributed by atoms with Crippen molar-refractivity contribution in [2.45, 2.75) is 12.1 Å². The van der Waals surface area contributed by atoms with Gasteiger partial charge in [0.15, 0.2) is 5.16 Å². The van der Waals surface area contributed by atoms with Crippen molar-refractivity contribution in [2.75, 3.05) is 24.7 Å². The summed E-state index contributed by atoms with van der Waals surface area (Å²) in [5.41, 5.74) is 2.57. The molecule has 0 bridgehead atoms. The van der Waals surface area contributed by atoms with Gasteiger partial charge in [0.25, 0.3) is 0 Å². The predicted octanol–water partition coefficient (Wildman–Crippen LogP) is 3.80. The Morgan fingerprint density at radius 3 is 2.63 bits per heavy atom. The Hall–Kier alpha value is -2.78. The molecule has 7 nitrogen and oxygen atoms in total. The molecule has 0 aliphatic heterocycles. The molecule has 0 radical (unpaired) electrons. The molecule has 156 valence electrons. The van der Waals surface area contributed by atoms with E-state index in [0.29, 0.717) is 10.8 Å². The molecule has 30 heavy (non-hydrogen) atoms. The molecule has 2 amide bonds. The number of nitrogens with zero attached hydrogens (tertiary/aromatic N) is 2. The SMILES string of the molecule is COc1ccc(-n2ccnc2SCC(=O)NCC(=O)Nc2ccc(Br)cc2C)cc1. The highest BCUT2D eigenvalue weighted by Gasteiger charge is 2.11. The van der Waals surface area contributed by atoms with Gasteiger partial charge in [-0.05, 0) is 55.0 Å². The summed E-state index contributed by atoms with van der Waals surface area (Å²) in [4.78, 5) is 28.6. The van der Waals surface area contributed by atoms with Gasteiger partial charge in [-0.1, -0.05) is 27.7 Å². The van der Waals surface area contributed by atoms with Gasteiger partial charge in [0.05, 0.1) is 19.4 Å². The minimum Gasteiger partial charge on any atom is -0.497 e. The van der Waals surface area contributed by atoms with Gasteiger partial charge < -0.3 is 15.4 Å². The first-order chi connectivity index (χ1) is 14.5. The molecule has 3 rings (SSSR count). The Balaban J connectivity index is 1.49. The molecule has 1 heterocycles. The highest BCUT2D eigenvalue weighted by atomic mass is 79.9. The van der Waals surface area contributed by atoms with Crippen LogP contribution in [0, 0.1) is 6.92 Å². The molecular formula is C21H21BrN4O3S. The van der Waals surface area contributed by atoms with Crippen molar-refractivity contribution < 1.29 is 14.3 Å². The number of methoxy groups -OCH3 is 1. The van der Waals surface area contributed by atoms with Crippen molar-refractivity contribution in [3.05, 3.63) is 64.9 Å². The normalized spacial score (nSPS) is 10.5. The number of ether oxygens (including phenoxy) is 1. The van der Waals surface area contributed by atoms with Crippen LogP contribution in [-0.2, 0) is 9.59 Å². The smallest absolute Gasteiger partial charge is 0.243 e. The molecule has 0 saturated heterocycles. The molecule has 0 aliphatic carbocycles. The van der Waals surface area contributed by atoms with Crippen LogP contribution in [0.5, 0.6) is 5.75 Å². The Labute approximate surface area is 187 Å². The van der Waals surface area contributed by atoms with Gasteiger partial charge in [0.2, 0.25) is 11.8 Å². The Morgan fingerprint density at radius 1 is 1.17 bits per heavy atom. The summed E-state index contributed by atoms with van der Waals surface area (Å²) in [6.45, 7) is 1.81. The van der Waals surface area contributed by atoms with Crippen molar-refractivity contribution in [2.24, 2.45) is 0 Å². The molecule has 0 saturated carbocycles. The van der Waals surface area contributed by atoms with Gasteiger partial charge in [-0.25, -0.2) is 4.98 Å². The number of hydrogen-bond acceptors (Lipinski definition) is 5. The second-order valence-electron chi connectivity index (χ2n) is 6.35. The van der Waals surface area contributed by atoms with E-state index in [0.717, 1.165) is 21.5 Å². The molecule has 2 aromatic carbocycles. The number of anilines is 1. The first-order valence-electron chi connectivity index (χ1n) is 9.09. The lowest BCUT2D eigenvalue weighted by atomic mass is 10.2. The van der Waals surface area contributed by atoms with Crippen molar-refractivity contribution in [1.29, 1.82) is 0 Å². The molecule has 3 aromatic rings. The number of carbonyl (C=O) groups is 2. The fourth-order valence-electron chi connectivity index (χ4n) is 2.66. The average Bonchev–Trinajstić information content (AvgIpc) is 3.21. The lowest BCUT2D eigenvalue weighted by molar-refractivity contribution is -0.122. The maximum Gasteiger partial charge on any atom is 0.243 e.